The van der Waals surface area contributed by atoms with E-state index >= 15 is 0 Å². The number of nitrogens with one attached hydrogen (secondary N) is 2. The number of rotatable bonds is 0. The van der Waals surface area contributed by atoms with Gasteiger partial charge in [-0.05, 0) is 26.0 Å². The maximum absolute atomic E-state index is 10.3. The highest BCUT2D eigenvalue weighted by Crippen LogP contribution is 2.24. The molecule has 0 atom stereocenters. The number of aromatic amines is 1. The third-order valence-corrected chi connectivity index (χ3v) is 2.88. The van der Waals surface area contributed by atoms with Crippen molar-refractivity contribution in [3.63, 3.8) is 0 Å². The van der Waals surface area contributed by atoms with E-state index in [0.717, 1.165) is 11.2 Å². The fraction of sp³-hybridized carbons (Fsp3) is 0.294. The van der Waals surface area contributed by atoms with Crippen LogP contribution in [0.5, 0.6) is 0 Å². The lowest BCUT2D eigenvalue weighted by Gasteiger charge is -1.91. The first-order chi connectivity index (χ1) is 10.5. The van der Waals surface area contributed by atoms with Crippen LogP contribution in [-0.2, 0) is 4.79 Å². The van der Waals surface area contributed by atoms with Crippen LogP contribution in [0.2, 0.25) is 0 Å². The molecule has 0 saturated carbocycles. The quantitative estimate of drug-likeness (QED) is 0.664. The Labute approximate surface area is 129 Å². The van der Waals surface area contributed by atoms with Crippen LogP contribution in [0.4, 0.5) is 4.39 Å². The van der Waals surface area contributed by atoms with Gasteiger partial charge in [-0.3, -0.25) is 14.2 Å². The fourth-order valence-corrected chi connectivity index (χ4v) is 1.85. The molecule has 0 spiro atoms. The van der Waals surface area contributed by atoms with Crippen molar-refractivity contribution in [3.05, 3.63) is 42.2 Å². The SMILES string of the molecule is CCF.CNC(C)=O.Cc1cc2c(cn1)[nH]c1ccccc12. The standard InChI is InChI=1S/C12H10N2.C3H7NO.C2H5F/c1-8-6-10-9-4-2-3-5-11(9)14-12(10)7-13-8;1-3(5)4-2;1-2-3/h2-7,14H,1H3;1-2H3,(H,4,5);2H2,1H3. The van der Waals surface area contributed by atoms with E-state index in [-0.39, 0.29) is 12.6 Å². The number of H-pyrrole nitrogens is 1. The van der Waals surface area contributed by atoms with Gasteiger partial charge in [0, 0.05) is 36.0 Å². The lowest BCUT2D eigenvalue weighted by atomic mass is 10.2. The second-order valence-electron chi connectivity index (χ2n) is 4.62. The second kappa shape index (κ2) is 8.77. The highest BCUT2D eigenvalue weighted by molar-refractivity contribution is 6.06. The Kier molecular flexibility index (Phi) is 7.02. The molecular formula is C17H22FN3O. The van der Waals surface area contributed by atoms with E-state index in [2.05, 4.69) is 39.6 Å². The van der Waals surface area contributed by atoms with Gasteiger partial charge in [0.2, 0.25) is 5.91 Å². The maximum atomic E-state index is 10.3. The van der Waals surface area contributed by atoms with E-state index in [1.54, 1.807) is 7.05 Å². The van der Waals surface area contributed by atoms with Crippen molar-refractivity contribution in [2.45, 2.75) is 20.8 Å². The molecule has 0 aliphatic carbocycles. The Morgan fingerprint density at radius 1 is 1.27 bits per heavy atom. The second-order valence-corrected chi connectivity index (χ2v) is 4.62. The van der Waals surface area contributed by atoms with Gasteiger partial charge < -0.3 is 10.3 Å². The topological polar surface area (TPSA) is 57.8 Å². The zero-order valence-corrected chi connectivity index (χ0v) is 13.4. The highest BCUT2D eigenvalue weighted by Gasteiger charge is 2.02. The molecule has 2 heterocycles. The Bertz CT molecular complexity index is 737. The van der Waals surface area contributed by atoms with Crippen LogP contribution in [0.15, 0.2) is 36.5 Å². The molecule has 0 unspecified atom stereocenters. The minimum atomic E-state index is -0.250. The number of aromatic nitrogens is 2. The molecule has 1 aromatic carbocycles. The van der Waals surface area contributed by atoms with E-state index in [4.69, 9.17) is 0 Å². The molecule has 118 valence electrons. The molecule has 0 aliphatic rings. The smallest absolute Gasteiger partial charge is 0.216 e. The van der Waals surface area contributed by atoms with Crippen molar-refractivity contribution in [1.82, 2.24) is 15.3 Å². The van der Waals surface area contributed by atoms with E-state index in [9.17, 15) is 9.18 Å². The number of amides is 1. The van der Waals surface area contributed by atoms with Crippen molar-refractivity contribution in [2.75, 3.05) is 13.7 Å². The summed E-state index contributed by atoms with van der Waals surface area (Å²) in [5.41, 5.74) is 3.34. The fourth-order valence-electron chi connectivity index (χ4n) is 1.85. The van der Waals surface area contributed by atoms with Gasteiger partial charge in [-0.25, -0.2) is 0 Å². The van der Waals surface area contributed by atoms with Crippen molar-refractivity contribution >= 4 is 27.7 Å². The molecule has 1 amide bonds. The summed E-state index contributed by atoms with van der Waals surface area (Å²) in [6.45, 7) is 4.70. The number of carbonyl (C=O) groups is 1. The zero-order chi connectivity index (χ0) is 16.5. The summed E-state index contributed by atoms with van der Waals surface area (Å²) >= 11 is 0. The summed E-state index contributed by atoms with van der Waals surface area (Å²) in [5, 5.41) is 4.92. The Balaban J connectivity index is 0.000000257. The summed E-state index contributed by atoms with van der Waals surface area (Å²) in [6, 6.07) is 10.4. The van der Waals surface area contributed by atoms with Crippen molar-refractivity contribution in [2.24, 2.45) is 0 Å². The van der Waals surface area contributed by atoms with Crippen LogP contribution in [0.1, 0.15) is 19.5 Å². The number of halogens is 1. The number of fused-ring (bicyclic) bond motifs is 3. The summed E-state index contributed by atoms with van der Waals surface area (Å²) in [4.78, 5) is 17.3. The van der Waals surface area contributed by atoms with Gasteiger partial charge in [0.1, 0.15) is 0 Å². The Morgan fingerprint density at radius 3 is 2.45 bits per heavy atom. The number of pyridine rings is 1. The lowest BCUT2D eigenvalue weighted by Crippen LogP contribution is -2.11. The molecular weight excluding hydrogens is 281 g/mol. The van der Waals surface area contributed by atoms with Gasteiger partial charge >= 0.3 is 0 Å². The minimum Gasteiger partial charge on any atom is -0.359 e. The molecule has 0 aliphatic heterocycles. The van der Waals surface area contributed by atoms with Gasteiger partial charge in [-0.2, -0.15) is 0 Å². The molecule has 3 rings (SSSR count). The predicted molar refractivity (Wildman–Crippen MR) is 89.7 cm³/mol. The van der Waals surface area contributed by atoms with E-state index < -0.39 is 0 Å². The van der Waals surface area contributed by atoms with Crippen LogP contribution >= 0.6 is 0 Å². The van der Waals surface area contributed by atoms with Crippen LogP contribution in [0, 0.1) is 6.92 Å². The lowest BCUT2D eigenvalue weighted by molar-refractivity contribution is -0.118. The van der Waals surface area contributed by atoms with Gasteiger partial charge in [-0.15, -0.1) is 0 Å². The number of para-hydroxylation sites is 1. The molecule has 2 N–H and O–H groups in total. The molecule has 4 nitrogen and oxygen atoms in total. The van der Waals surface area contributed by atoms with E-state index in [1.165, 1.54) is 30.1 Å². The Morgan fingerprint density at radius 2 is 1.86 bits per heavy atom. The molecule has 22 heavy (non-hydrogen) atoms. The first-order valence-corrected chi connectivity index (χ1v) is 7.10. The van der Waals surface area contributed by atoms with Crippen LogP contribution in [0.25, 0.3) is 21.8 Å². The molecule has 2 aromatic heterocycles. The number of aryl methyl sites for hydroxylation is 1. The summed E-state index contributed by atoms with van der Waals surface area (Å²) in [5.74, 6) is 0.00463. The third kappa shape index (κ3) is 4.84. The highest BCUT2D eigenvalue weighted by atomic mass is 19.1. The Hall–Kier alpha value is -2.43. The van der Waals surface area contributed by atoms with Crippen molar-refractivity contribution in [3.8, 4) is 0 Å². The molecule has 0 saturated heterocycles. The van der Waals surface area contributed by atoms with Crippen molar-refractivity contribution in [1.29, 1.82) is 0 Å². The predicted octanol–water partition coefficient (Wildman–Crippen LogP) is 3.75. The van der Waals surface area contributed by atoms with Crippen LogP contribution in [0.3, 0.4) is 0 Å². The number of alkyl halides is 1. The number of nitrogens with zero attached hydrogens (tertiary/aromatic N) is 1. The first kappa shape index (κ1) is 17.6. The van der Waals surface area contributed by atoms with Gasteiger partial charge in [0.15, 0.2) is 0 Å². The van der Waals surface area contributed by atoms with E-state index in [0.29, 0.717) is 0 Å². The van der Waals surface area contributed by atoms with Crippen LogP contribution in [-0.4, -0.2) is 29.6 Å². The normalized spacial score (nSPS) is 9.50. The van der Waals surface area contributed by atoms with Crippen molar-refractivity contribution < 1.29 is 9.18 Å². The summed E-state index contributed by atoms with van der Waals surface area (Å²) in [6.07, 6.45) is 1.89. The third-order valence-electron chi connectivity index (χ3n) is 2.88. The van der Waals surface area contributed by atoms with Gasteiger partial charge in [-0.1, -0.05) is 18.2 Å². The average Bonchev–Trinajstić information content (AvgIpc) is 2.87. The number of benzene rings is 1. The largest absolute Gasteiger partial charge is 0.359 e. The number of carbonyl (C=O) groups excluding carboxylic acids is 1. The monoisotopic (exact) mass is 303 g/mol. The zero-order valence-electron chi connectivity index (χ0n) is 13.4. The molecule has 5 heteroatoms. The van der Waals surface area contributed by atoms with Gasteiger partial charge in [0.25, 0.3) is 0 Å². The number of hydrogen-bond donors (Lipinski definition) is 2. The summed E-state index contributed by atoms with van der Waals surface area (Å²) < 4.78 is 10.3. The molecule has 3 aromatic rings. The molecule has 0 bridgehead atoms. The van der Waals surface area contributed by atoms with Gasteiger partial charge in [0.05, 0.1) is 18.4 Å². The minimum absolute atomic E-state index is 0.00463. The van der Waals surface area contributed by atoms with E-state index in [1.807, 2.05) is 19.2 Å². The van der Waals surface area contributed by atoms with Crippen LogP contribution < -0.4 is 5.32 Å². The first-order valence-electron chi connectivity index (χ1n) is 7.10. The average molecular weight is 303 g/mol. The molecule has 0 radical (unpaired) electrons. The molecule has 0 fully saturated rings. The maximum Gasteiger partial charge on any atom is 0.216 e. The summed E-state index contributed by atoms with van der Waals surface area (Å²) in [7, 11) is 1.60. The number of hydrogen-bond acceptors (Lipinski definition) is 2.